The highest BCUT2D eigenvalue weighted by molar-refractivity contribution is 5.38. The van der Waals surface area contributed by atoms with E-state index in [-0.39, 0.29) is 11.5 Å². The molecule has 4 heteroatoms. The maximum Gasteiger partial charge on any atom is 0.123 e. The lowest BCUT2D eigenvalue weighted by atomic mass is 9.99. The molecule has 3 N–H and O–H groups in total. The first-order valence-corrected chi connectivity index (χ1v) is 7.22. The van der Waals surface area contributed by atoms with Gasteiger partial charge < -0.3 is 15.5 Å². The van der Waals surface area contributed by atoms with Crippen LogP contribution < -0.4 is 5.32 Å². The first kappa shape index (κ1) is 12.8. The number of phenolic OH excluding ortho intramolecular Hbond substituents is 2. The molecule has 2 atom stereocenters. The number of benzene rings is 1. The third-order valence-electron chi connectivity index (χ3n) is 4.48. The van der Waals surface area contributed by atoms with Crippen LogP contribution in [0.4, 0.5) is 0 Å². The van der Waals surface area contributed by atoms with Crippen LogP contribution in [0.2, 0.25) is 0 Å². The highest BCUT2D eigenvalue weighted by Crippen LogP contribution is 2.28. The molecule has 0 amide bonds. The van der Waals surface area contributed by atoms with Gasteiger partial charge in [-0.15, -0.1) is 0 Å². The van der Waals surface area contributed by atoms with Gasteiger partial charge in [-0.3, -0.25) is 4.90 Å². The van der Waals surface area contributed by atoms with Gasteiger partial charge in [-0.25, -0.2) is 0 Å². The molecule has 2 aliphatic heterocycles. The Morgan fingerprint density at radius 3 is 2.89 bits per heavy atom. The van der Waals surface area contributed by atoms with E-state index in [2.05, 4.69) is 10.2 Å². The van der Waals surface area contributed by atoms with Crippen molar-refractivity contribution in [1.29, 1.82) is 0 Å². The van der Waals surface area contributed by atoms with Crippen LogP contribution in [0.25, 0.3) is 0 Å². The summed E-state index contributed by atoms with van der Waals surface area (Å²) in [6, 6.07) is 6.02. The van der Waals surface area contributed by atoms with Crippen molar-refractivity contribution in [2.24, 2.45) is 0 Å². The van der Waals surface area contributed by atoms with E-state index in [4.69, 9.17) is 0 Å². The van der Waals surface area contributed by atoms with Gasteiger partial charge in [0.2, 0.25) is 0 Å². The Morgan fingerprint density at radius 1 is 1.16 bits per heavy atom. The zero-order valence-corrected chi connectivity index (χ0v) is 11.2. The second-order valence-electron chi connectivity index (χ2n) is 5.69. The van der Waals surface area contributed by atoms with Crippen LogP contribution in [0.1, 0.15) is 31.2 Å². The van der Waals surface area contributed by atoms with Crippen molar-refractivity contribution in [3.8, 4) is 11.5 Å². The van der Waals surface area contributed by atoms with Crippen molar-refractivity contribution in [1.82, 2.24) is 10.2 Å². The van der Waals surface area contributed by atoms with E-state index in [1.165, 1.54) is 44.8 Å². The van der Waals surface area contributed by atoms with Gasteiger partial charge in [0.1, 0.15) is 11.5 Å². The second-order valence-corrected chi connectivity index (χ2v) is 5.69. The van der Waals surface area contributed by atoms with E-state index in [1.54, 1.807) is 12.1 Å². The Bertz CT molecular complexity index is 450. The molecule has 2 saturated heterocycles. The molecule has 2 heterocycles. The molecule has 0 aromatic heterocycles. The quantitative estimate of drug-likeness (QED) is 0.777. The minimum absolute atomic E-state index is 0.112. The maximum atomic E-state index is 9.79. The van der Waals surface area contributed by atoms with E-state index in [1.807, 2.05) is 0 Å². The predicted molar refractivity (Wildman–Crippen MR) is 74.2 cm³/mol. The lowest BCUT2D eigenvalue weighted by Crippen LogP contribution is -2.44. The Hall–Kier alpha value is -1.26. The Labute approximate surface area is 114 Å². The highest BCUT2D eigenvalue weighted by Gasteiger charge is 2.34. The molecule has 19 heavy (non-hydrogen) atoms. The average Bonchev–Trinajstić information content (AvgIpc) is 2.81. The topological polar surface area (TPSA) is 55.7 Å². The summed E-state index contributed by atoms with van der Waals surface area (Å²) in [6.07, 6.45) is 5.16. The summed E-state index contributed by atoms with van der Waals surface area (Å²) in [7, 11) is 0. The van der Waals surface area contributed by atoms with E-state index >= 15 is 0 Å². The lowest BCUT2D eigenvalue weighted by Gasteiger charge is -2.32. The number of nitrogens with one attached hydrogen (secondary N) is 1. The van der Waals surface area contributed by atoms with Crippen LogP contribution in [0, 0.1) is 0 Å². The summed E-state index contributed by atoms with van der Waals surface area (Å²) >= 11 is 0. The first-order chi connectivity index (χ1) is 9.24. The molecular weight excluding hydrogens is 240 g/mol. The standard InChI is InChI=1S/C15H22N2O2/c18-12-5-4-11(15(19)9-12)10-16-13-6-8-17-7-2-1-3-14(13)17/h4-5,9,13-14,16,18-19H,1-3,6-8,10H2. The Morgan fingerprint density at radius 2 is 2.05 bits per heavy atom. The number of nitrogens with zero attached hydrogens (tertiary/aromatic N) is 1. The van der Waals surface area contributed by atoms with Gasteiger partial charge in [0.15, 0.2) is 0 Å². The van der Waals surface area contributed by atoms with Crippen LogP contribution in [0.5, 0.6) is 11.5 Å². The summed E-state index contributed by atoms with van der Waals surface area (Å²) in [4.78, 5) is 2.60. The number of hydrogen-bond acceptors (Lipinski definition) is 4. The fraction of sp³-hybridized carbons (Fsp3) is 0.600. The van der Waals surface area contributed by atoms with Gasteiger partial charge in [-0.2, -0.15) is 0 Å². The fourth-order valence-corrected chi connectivity index (χ4v) is 3.43. The van der Waals surface area contributed by atoms with E-state index in [0.717, 1.165) is 5.56 Å². The van der Waals surface area contributed by atoms with Gasteiger partial charge >= 0.3 is 0 Å². The Kier molecular flexibility index (Phi) is 3.62. The Balaban J connectivity index is 1.60. The second kappa shape index (κ2) is 5.39. The average molecular weight is 262 g/mol. The summed E-state index contributed by atoms with van der Waals surface area (Å²) in [5.74, 6) is 0.284. The van der Waals surface area contributed by atoms with Crippen LogP contribution >= 0.6 is 0 Å². The van der Waals surface area contributed by atoms with Crippen molar-refractivity contribution < 1.29 is 10.2 Å². The molecule has 0 saturated carbocycles. The molecule has 4 nitrogen and oxygen atoms in total. The largest absolute Gasteiger partial charge is 0.508 e. The molecule has 1 aromatic carbocycles. The van der Waals surface area contributed by atoms with E-state index in [0.29, 0.717) is 18.6 Å². The minimum Gasteiger partial charge on any atom is -0.508 e. The number of rotatable bonds is 3. The molecule has 2 fully saturated rings. The molecule has 0 aliphatic carbocycles. The number of fused-ring (bicyclic) bond motifs is 1. The summed E-state index contributed by atoms with van der Waals surface area (Å²) < 4.78 is 0. The van der Waals surface area contributed by atoms with Crippen molar-refractivity contribution in [3.05, 3.63) is 23.8 Å². The molecule has 1 aromatic rings. The highest BCUT2D eigenvalue weighted by atomic mass is 16.3. The van der Waals surface area contributed by atoms with Crippen LogP contribution in [-0.4, -0.2) is 40.3 Å². The normalized spacial score (nSPS) is 27.4. The lowest BCUT2D eigenvalue weighted by molar-refractivity contribution is 0.180. The van der Waals surface area contributed by atoms with Crippen molar-refractivity contribution in [3.63, 3.8) is 0 Å². The van der Waals surface area contributed by atoms with E-state index < -0.39 is 0 Å². The number of aromatic hydroxyl groups is 2. The SMILES string of the molecule is Oc1ccc(CNC2CCN3CCCCC23)c(O)c1. The number of piperidine rings is 1. The molecule has 0 bridgehead atoms. The van der Waals surface area contributed by atoms with E-state index in [9.17, 15) is 10.2 Å². The molecule has 104 valence electrons. The molecule has 2 unspecified atom stereocenters. The maximum absolute atomic E-state index is 9.79. The van der Waals surface area contributed by atoms with Gasteiger partial charge in [0, 0.05) is 36.8 Å². The molecule has 0 spiro atoms. The summed E-state index contributed by atoms with van der Waals surface area (Å²) in [5, 5.41) is 22.6. The van der Waals surface area contributed by atoms with Gasteiger partial charge in [-0.1, -0.05) is 12.5 Å². The van der Waals surface area contributed by atoms with Gasteiger partial charge in [-0.05, 0) is 31.9 Å². The van der Waals surface area contributed by atoms with Gasteiger partial charge in [0.05, 0.1) is 0 Å². The first-order valence-electron chi connectivity index (χ1n) is 7.22. The minimum atomic E-state index is 0.112. The molecule has 3 rings (SSSR count). The zero-order chi connectivity index (χ0) is 13.2. The monoisotopic (exact) mass is 262 g/mol. The molecule has 2 aliphatic rings. The van der Waals surface area contributed by atoms with Crippen molar-refractivity contribution in [2.75, 3.05) is 13.1 Å². The van der Waals surface area contributed by atoms with Crippen LogP contribution in [-0.2, 0) is 6.54 Å². The van der Waals surface area contributed by atoms with Crippen molar-refractivity contribution >= 4 is 0 Å². The third-order valence-corrected chi connectivity index (χ3v) is 4.48. The third kappa shape index (κ3) is 2.69. The summed E-state index contributed by atoms with van der Waals surface area (Å²) in [5.41, 5.74) is 0.854. The van der Waals surface area contributed by atoms with Crippen LogP contribution in [0.3, 0.4) is 0 Å². The van der Waals surface area contributed by atoms with Crippen molar-refractivity contribution in [2.45, 2.75) is 44.3 Å². The smallest absolute Gasteiger partial charge is 0.123 e. The number of hydrogen-bond donors (Lipinski definition) is 3. The van der Waals surface area contributed by atoms with Crippen LogP contribution in [0.15, 0.2) is 18.2 Å². The molecular formula is C15H22N2O2. The zero-order valence-electron chi connectivity index (χ0n) is 11.2. The van der Waals surface area contributed by atoms with Gasteiger partial charge in [0.25, 0.3) is 0 Å². The fourth-order valence-electron chi connectivity index (χ4n) is 3.43. The summed E-state index contributed by atoms with van der Waals surface area (Å²) in [6.45, 7) is 3.11. The predicted octanol–water partition coefficient (Wildman–Crippen LogP) is 1.81. The molecule has 0 radical (unpaired) electrons. The number of phenols is 2.